The minimum atomic E-state index is -0.661. The molecule has 100 valence electrons. The van der Waals surface area contributed by atoms with E-state index < -0.39 is 11.7 Å². The number of nitrogens with one attached hydrogen (secondary N) is 1. The first-order valence-corrected chi connectivity index (χ1v) is 6.06. The van der Waals surface area contributed by atoms with E-state index in [2.05, 4.69) is 5.48 Å². The summed E-state index contributed by atoms with van der Waals surface area (Å²) in [6.45, 7) is 7.17. The molecule has 0 saturated heterocycles. The van der Waals surface area contributed by atoms with Gasteiger partial charge in [-0.2, -0.15) is 0 Å². The van der Waals surface area contributed by atoms with Gasteiger partial charge in [-0.05, 0) is 45.9 Å². The molecule has 0 aromatic heterocycles. The number of amides is 1. The maximum atomic E-state index is 11.7. The topological polar surface area (TPSA) is 47.6 Å². The highest BCUT2D eigenvalue weighted by Crippen LogP contribution is 2.18. The molecule has 4 nitrogen and oxygen atoms in total. The first kappa shape index (κ1) is 14.8. The molecule has 0 aliphatic carbocycles. The second-order valence-electron chi connectivity index (χ2n) is 4.90. The third-order valence-electron chi connectivity index (χ3n) is 1.94. The highest BCUT2D eigenvalue weighted by atomic mass is 35.5. The lowest BCUT2D eigenvalue weighted by atomic mass is 10.2. The van der Waals surface area contributed by atoms with Gasteiger partial charge < -0.3 is 4.74 Å². The fourth-order valence-corrected chi connectivity index (χ4v) is 1.26. The second kappa shape index (κ2) is 6.07. The molecule has 0 aliphatic rings. The van der Waals surface area contributed by atoms with E-state index in [1.807, 2.05) is 20.8 Å². The summed E-state index contributed by atoms with van der Waals surface area (Å²) < 4.78 is 5.45. The predicted molar refractivity (Wildman–Crippen MR) is 70.5 cm³/mol. The first-order chi connectivity index (χ1) is 8.28. The van der Waals surface area contributed by atoms with E-state index >= 15 is 0 Å². The van der Waals surface area contributed by atoms with E-state index in [1.165, 1.54) is 0 Å². The molecule has 1 rings (SSSR count). The fraction of sp³-hybridized carbons (Fsp3) is 0.462. The van der Waals surface area contributed by atoms with Gasteiger partial charge in [-0.15, -0.1) is 0 Å². The quantitative estimate of drug-likeness (QED) is 0.857. The first-order valence-electron chi connectivity index (χ1n) is 5.68. The van der Waals surface area contributed by atoms with Crippen molar-refractivity contribution in [2.75, 3.05) is 0 Å². The van der Waals surface area contributed by atoms with Crippen LogP contribution >= 0.6 is 11.6 Å². The van der Waals surface area contributed by atoms with Gasteiger partial charge in [0.25, 0.3) is 5.91 Å². The summed E-state index contributed by atoms with van der Waals surface area (Å²) in [6.07, 6.45) is -0.661. The van der Waals surface area contributed by atoms with Crippen molar-refractivity contribution >= 4 is 17.5 Å². The zero-order valence-corrected chi connectivity index (χ0v) is 11.7. The molecule has 1 aromatic carbocycles. The molecular formula is C13H18ClNO3. The van der Waals surface area contributed by atoms with Crippen molar-refractivity contribution in [1.29, 1.82) is 0 Å². The summed E-state index contributed by atoms with van der Waals surface area (Å²) >= 11 is 5.82. The largest absolute Gasteiger partial charge is 0.481 e. The Balaban J connectivity index is 2.50. The van der Waals surface area contributed by atoms with Gasteiger partial charge in [0, 0.05) is 5.02 Å². The van der Waals surface area contributed by atoms with Crippen LogP contribution in [-0.4, -0.2) is 17.6 Å². The maximum Gasteiger partial charge on any atom is 0.284 e. The Morgan fingerprint density at radius 3 is 2.61 bits per heavy atom. The van der Waals surface area contributed by atoms with Gasteiger partial charge in [0.15, 0.2) is 6.10 Å². The summed E-state index contributed by atoms with van der Waals surface area (Å²) in [6, 6.07) is 6.88. The van der Waals surface area contributed by atoms with E-state index in [4.69, 9.17) is 21.2 Å². The Labute approximate surface area is 112 Å². The molecule has 0 heterocycles. The average Bonchev–Trinajstić information content (AvgIpc) is 2.24. The molecule has 0 radical (unpaired) electrons. The number of halogens is 1. The van der Waals surface area contributed by atoms with Gasteiger partial charge in [-0.25, -0.2) is 5.48 Å². The van der Waals surface area contributed by atoms with Crippen LogP contribution in [0.4, 0.5) is 0 Å². The lowest BCUT2D eigenvalue weighted by Gasteiger charge is -2.21. The van der Waals surface area contributed by atoms with Crippen LogP contribution in [0.15, 0.2) is 24.3 Å². The molecule has 1 atom stereocenters. The van der Waals surface area contributed by atoms with E-state index in [1.54, 1.807) is 31.2 Å². The molecule has 5 heteroatoms. The van der Waals surface area contributed by atoms with Crippen LogP contribution in [0.1, 0.15) is 27.7 Å². The average molecular weight is 272 g/mol. The number of hydrogen-bond acceptors (Lipinski definition) is 3. The van der Waals surface area contributed by atoms with Crippen molar-refractivity contribution in [2.45, 2.75) is 39.4 Å². The number of hydroxylamine groups is 1. The molecule has 0 bridgehead atoms. The molecule has 1 amide bonds. The number of rotatable bonds is 4. The van der Waals surface area contributed by atoms with Crippen molar-refractivity contribution in [3.63, 3.8) is 0 Å². The fourth-order valence-electron chi connectivity index (χ4n) is 1.08. The van der Waals surface area contributed by atoms with Crippen LogP contribution in [0.25, 0.3) is 0 Å². The second-order valence-corrected chi connectivity index (χ2v) is 5.33. The van der Waals surface area contributed by atoms with E-state index in [0.29, 0.717) is 10.8 Å². The van der Waals surface area contributed by atoms with Gasteiger partial charge >= 0.3 is 0 Å². The SMILES string of the molecule is CC(Oc1cccc(Cl)c1)C(=O)NOC(C)(C)C. The van der Waals surface area contributed by atoms with Gasteiger partial charge in [-0.1, -0.05) is 17.7 Å². The predicted octanol–water partition coefficient (Wildman–Crippen LogP) is 2.95. The number of hydrogen-bond donors (Lipinski definition) is 1. The zero-order chi connectivity index (χ0) is 13.8. The minimum absolute atomic E-state index is 0.343. The number of benzene rings is 1. The summed E-state index contributed by atoms with van der Waals surface area (Å²) in [5.74, 6) is 0.200. The molecule has 0 aliphatic heterocycles. The normalized spacial score (nSPS) is 12.9. The Bertz CT molecular complexity index is 415. The van der Waals surface area contributed by atoms with E-state index in [-0.39, 0.29) is 5.91 Å². The zero-order valence-electron chi connectivity index (χ0n) is 11.0. The highest BCUT2D eigenvalue weighted by molar-refractivity contribution is 6.30. The Kier molecular flexibility index (Phi) is 4.99. The molecule has 0 fully saturated rings. The van der Waals surface area contributed by atoms with Gasteiger partial charge in [-0.3, -0.25) is 9.63 Å². The molecule has 0 saturated carbocycles. The van der Waals surface area contributed by atoms with Gasteiger partial charge in [0.05, 0.1) is 5.60 Å². The summed E-state index contributed by atoms with van der Waals surface area (Å²) in [5.41, 5.74) is 1.92. The van der Waals surface area contributed by atoms with Crippen LogP contribution < -0.4 is 10.2 Å². The molecular weight excluding hydrogens is 254 g/mol. The Hall–Kier alpha value is -1.26. The van der Waals surface area contributed by atoms with Crippen LogP contribution in [0, 0.1) is 0 Å². The summed E-state index contributed by atoms with van der Waals surface area (Å²) in [4.78, 5) is 16.9. The smallest absolute Gasteiger partial charge is 0.284 e. The molecule has 1 N–H and O–H groups in total. The van der Waals surface area contributed by atoms with Crippen molar-refractivity contribution in [2.24, 2.45) is 0 Å². The van der Waals surface area contributed by atoms with Crippen LogP contribution in [-0.2, 0) is 9.63 Å². The van der Waals surface area contributed by atoms with Crippen LogP contribution in [0.3, 0.4) is 0 Å². The van der Waals surface area contributed by atoms with Gasteiger partial charge in [0.1, 0.15) is 5.75 Å². The third kappa shape index (κ3) is 5.38. The standard InChI is InChI=1S/C13H18ClNO3/c1-9(12(16)15-18-13(2,3)4)17-11-7-5-6-10(14)8-11/h5-9H,1-4H3,(H,15,16). The number of carbonyl (C=O) groups excluding carboxylic acids is 1. The molecule has 1 aromatic rings. The lowest BCUT2D eigenvalue weighted by Crippen LogP contribution is -2.40. The summed E-state index contributed by atoms with van der Waals surface area (Å²) in [7, 11) is 0. The van der Waals surface area contributed by atoms with E-state index in [0.717, 1.165) is 0 Å². The Morgan fingerprint density at radius 2 is 2.06 bits per heavy atom. The van der Waals surface area contributed by atoms with Crippen molar-refractivity contribution in [3.8, 4) is 5.75 Å². The number of ether oxygens (including phenoxy) is 1. The lowest BCUT2D eigenvalue weighted by molar-refractivity contribution is -0.151. The van der Waals surface area contributed by atoms with Crippen molar-refractivity contribution < 1.29 is 14.4 Å². The third-order valence-corrected chi connectivity index (χ3v) is 2.17. The van der Waals surface area contributed by atoms with Crippen molar-refractivity contribution in [3.05, 3.63) is 29.3 Å². The monoisotopic (exact) mass is 271 g/mol. The molecule has 1 unspecified atom stereocenters. The molecule has 0 spiro atoms. The van der Waals surface area contributed by atoms with E-state index in [9.17, 15) is 4.79 Å². The van der Waals surface area contributed by atoms with Crippen molar-refractivity contribution in [1.82, 2.24) is 5.48 Å². The van der Waals surface area contributed by atoms with Crippen LogP contribution in [0.2, 0.25) is 5.02 Å². The maximum absolute atomic E-state index is 11.7. The minimum Gasteiger partial charge on any atom is -0.481 e. The molecule has 18 heavy (non-hydrogen) atoms. The Morgan fingerprint density at radius 1 is 1.39 bits per heavy atom. The van der Waals surface area contributed by atoms with Crippen LogP contribution in [0.5, 0.6) is 5.75 Å². The number of carbonyl (C=O) groups is 1. The van der Waals surface area contributed by atoms with Gasteiger partial charge in [0.2, 0.25) is 0 Å². The summed E-state index contributed by atoms with van der Waals surface area (Å²) in [5, 5.41) is 0.561. The highest BCUT2D eigenvalue weighted by Gasteiger charge is 2.18.